The summed E-state index contributed by atoms with van der Waals surface area (Å²) in [6.07, 6.45) is 4.86. The Kier molecular flexibility index (Phi) is 2.86. The lowest BCUT2D eigenvalue weighted by atomic mass is 10.1. The second-order valence-electron chi connectivity index (χ2n) is 5.37. The third-order valence-electron chi connectivity index (χ3n) is 3.93. The maximum atomic E-state index is 11.3. The summed E-state index contributed by atoms with van der Waals surface area (Å²) in [5.41, 5.74) is 1.18. The Hall–Kier alpha value is -2.15. The van der Waals surface area contributed by atoms with Crippen LogP contribution >= 0.6 is 0 Å². The molecular formula is C13H16N4O3. The van der Waals surface area contributed by atoms with Crippen LogP contribution in [0.2, 0.25) is 0 Å². The average Bonchev–Trinajstić information content (AvgIpc) is 3.13. The summed E-state index contributed by atoms with van der Waals surface area (Å²) in [6, 6.07) is 0. The monoisotopic (exact) mass is 276 g/mol. The average molecular weight is 276 g/mol. The molecule has 20 heavy (non-hydrogen) atoms. The van der Waals surface area contributed by atoms with Crippen LogP contribution in [0.15, 0.2) is 12.4 Å². The Balaban J connectivity index is 2.01. The molecule has 0 bridgehead atoms. The van der Waals surface area contributed by atoms with Crippen LogP contribution in [0.1, 0.15) is 23.2 Å². The Labute approximate surface area is 115 Å². The fourth-order valence-corrected chi connectivity index (χ4v) is 2.29. The molecule has 1 aliphatic rings. The van der Waals surface area contributed by atoms with Crippen LogP contribution in [-0.2, 0) is 7.05 Å². The first-order valence-electron chi connectivity index (χ1n) is 6.45. The van der Waals surface area contributed by atoms with E-state index in [-0.39, 0.29) is 17.6 Å². The van der Waals surface area contributed by atoms with E-state index < -0.39 is 5.97 Å². The minimum absolute atomic E-state index is 0.104. The SMILES string of the molecule is Cn1ncc2c(NCC3(CO)CC3)c(C(=O)O)cnc21. The Morgan fingerprint density at radius 1 is 1.50 bits per heavy atom. The molecule has 3 rings (SSSR count). The number of aliphatic hydroxyl groups excluding tert-OH is 1. The minimum atomic E-state index is -1.03. The van der Waals surface area contributed by atoms with Crippen LogP contribution in [-0.4, -0.2) is 44.1 Å². The number of carbonyl (C=O) groups is 1. The van der Waals surface area contributed by atoms with E-state index in [4.69, 9.17) is 0 Å². The van der Waals surface area contributed by atoms with Crippen molar-refractivity contribution in [2.45, 2.75) is 12.8 Å². The summed E-state index contributed by atoms with van der Waals surface area (Å²) in [7, 11) is 1.76. The number of aromatic nitrogens is 3. The van der Waals surface area contributed by atoms with Gasteiger partial charge in [0.2, 0.25) is 0 Å². The molecule has 3 N–H and O–H groups in total. The third kappa shape index (κ3) is 2.00. The standard InChI is InChI=1S/C13H16N4O3/c1-17-11-8(5-16-17)10(9(4-14-11)12(19)20)15-6-13(7-18)2-3-13/h4-5,18H,2-3,6-7H2,1H3,(H,14,15)(H,19,20). The number of carboxylic acid groups (broad SMARTS) is 1. The molecule has 0 unspecified atom stereocenters. The number of nitrogens with one attached hydrogen (secondary N) is 1. The molecule has 1 saturated carbocycles. The number of aryl methyl sites for hydroxylation is 1. The topological polar surface area (TPSA) is 100 Å². The summed E-state index contributed by atoms with van der Waals surface area (Å²) in [4.78, 5) is 15.5. The van der Waals surface area contributed by atoms with Crippen LogP contribution < -0.4 is 5.32 Å². The van der Waals surface area contributed by atoms with Gasteiger partial charge in [0.1, 0.15) is 5.56 Å². The van der Waals surface area contributed by atoms with Crippen molar-refractivity contribution in [3.8, 4) is 0 Å². The largest absolute Gasteiger partial charge is 0.478 e. The van der Waals surface area contributed by atoms with E-state index >= 15 is 0 Å². The molecular weight excluding hydrogens is 260 g/mol. The molecule has 0 spiro atoms. The van der Waals surface area contributed by atoms with Gasteiger partial charge in [-0.1, -0.05) is 0 Å². The van der Waals surface area contributed by atoms with Crippen LogP contribution in [0, 0.1) is 5.41 Å². The molecule has 0 atom stereocenters. The minimum Gasteiger partial charge on any atom is -0.478 e. The van der Waals surface area contributed by atoms with Gasteiger partial charge >= 0.3 is 5.97 Å². The second-order valence-corrected chi connectivity index (χ2v) is 5.37. The van der Waals surface area contributed by atoms with Gasteiger partial charge in [-0.05, 0) is 12.8 Å². The van der Waals surface area contributed by atoms with Crippen LogP contribution in [0.25, 0.3) is 11.0 Å². The maximum absolute atomic E-state index is 11.3. The van der Waals surface area contributed by atoms with E-state index in [1.54, 1.807) is 17.9 Å². The number of nitrogens with zero attached hydrogens (tertiary/aromatic N) is 3. The molecule has 1 fully saturated rings. The lowest BCUT2D eigenvalue weighted by molar-refractivity contribution is 0.0697. The van der Waals surface area contributed by atoms with Crippen molar-refractivity contribution in [1.29, 1.82) is 0 Å². The number of hydrogen-bond donors (Lipinski definition) is 3. The first-order chi connectivity index (χ1) is 9.56. The lowest BCUT2D eigenvalue weighted by Gasteiger charge is -2.16. The lowest BCUT2D eigenvalue weighted by Crippen LogP contribution is -2.20. The van der Waals surface area contributed by atoms with Crippen LogP contribution in [0.4, 0.5) is 5.69 Å². The molecule has 0 radical (unpaired) electrons. The van der Waals surface area contributed by atoms with Crippen LogP contribution in [0.5, 0.6) is 0 Å². The fraction of sp³-hybridized carbons (Fsp3) is 0.462. The highest BCUT2D eigenvalue weighted by molar-refractivity contribution is 6.03. The number of hydrogen-bond acceptors (Lipinski definition) is 5. The first-order valence-corrected chi connectivity index (χ1v) is 6.45. The van der Waals surface area contributed by atoms with Gasteiger partial charge in [-0.25, -0.2) is 9.78 Å². The number of aliphatic hydroxyl groups is 1. The molecule has 106 valence electrons. The second kappa shape index (κ2) is 4.45. The number of carboxylic acids is 1. The molecule has 7 heteroatoms. The number of anilines is 1. The van der Waals surface area contributed by atoms with E-state index in [1.165, 1.54) is 6.20 Å². The number of pyridine rings is 1. The molecule has 0 amide bonds. The van der Waals surface area contributed by atoms with E-state index in [0.717, 1.165) is 12.8 Å². The zero-order valence-corrected chi connectivity index (χ0v) is 11.1. The normalized spacial score (nSPS) is 16.3. The highest BCUT2D eigenvalue weighted by Crippen LogP contribution is 2.45. The number of fused-ring (bicyclic) bond motifs is 1. The Morgan fingerprint density at radius 3 is 2.85 bits per heavy atom. The smallest absolute Gasteiger partial charge is 0.339 e. The predicted octanol–water partition coefficient (Wildman–Crippen LogP) is 0.851. The summed E-state index contributed by atoms with van der Waals surface area (Å²) in [6.45, 7) is 0.668. The molecule has 2 heterocycles. The Morgan fingerprint density at radius 2 is 2.25 bits per heavy atom. The van der Waals surface area contributed by atoms with Gasteiger partial charge in [0.25, 0.3) is 0 Å². The van der Waals surface area contributed by atoms with E-state index in [2.05, 4.69) is 15.4 Å². The molecule has 2 aromatic heterocycles. The van der Waals surface area contributed by atoms with Crippen molar-refractivity contribution in [3.05, 3.63) is 18.0 Å². The van der Waals surface area contributed by atoms with Gasteiger partial charge in [0.15, 0.2) is 5.65 Å². The third-order valence-corrected chi connectivity index (χ3v) is 3.93. The quantitative estimate of drug-likeness (QED) is 0.748. The summed E-state index contributed by atoms with van der Waals surface area (Å²) < 4.78 is 1.60. The van der Waals surface area contributed by atoms with Gasteiger partial charge in [0, 0.05) is 25.2 Å². The van der Waals surface area contributed by atoms with Crippen molar-refractivity contribution >= 4 is 22.7 Å². The van der Waals surface area contributed by atoms with E-state index in [9.17, 15) is 15.0 Å². The molecule has 7 nitrogen and oxygen atoms in total. The summed E-state index contributed by atoms with van der Waals surface area (Å²) in [5, 5.41) is 26.6. The van der Waals surface area contributed by atoms with E-state index in [1.807, 2.05) is 0 Å². The van der Waals surface area contributed by atoms with Crippen LogP contribution in [0.3, 0.4) is 0 Å². The number of rotatable bonds is 5. The highest BCUT2D eigenvalue weighted by Gasteiger charge is 2.42. The van der Waals surface area contributed by atoms with Gasteiger partial charge in [-0.15, -0.1) is 0 Å². The summed E-state index contributed by atoms with van der Waals surface area (Å²) in [5.74, 6) is -1.03. The molecule has 0 saturated heterocycles. The van der Waals surface area contributed by atoms with Gasteiger partial charge in [-0.3, -0.25) is 4.68 Å². The van der Waals surface area contributed by atoms with Gasteiger partial charge in [0.05, 0.1) is 23.9 Å². The van der Waals surface area contributed by atoms with Gasteiger partial charge < -0.3 is 15.5 Å². The maximum Gasteiger partial charge on any atom is 0.339 e. The molecule has 2 aromatic rings. The predicted molar refractivity (Wildman–Crippen MR) is 72.7 cm³/mol. The zero-order chi connectivity index (χ0) is 14.3. The zero-order valence-electron chi connectivity index (χ0n) is 11.1. The summed E-state index contributed by atoms with van der Waals surface area (Å²) >= 11 is 0. The molecule has 0 aromatic carbocycles. The van der Waals surface area contributed by atoms with Crippen molar-refractivity contribution in [3.63, 3.8) is 0 Å². The Bertz CT molecular complexity index is 676. The van der Waals surface area contributed by atoms with Crippen molar-refractivity contribution in [2.75, 3.05) is 18.5 Å². The molecule has 0 aliphatic heterocycles. The van der Waals surface area contributed by atoms with Crippen molar-refractivity contribution in [1.82, 2.24) is 14.8 Å². The van der Waals surface area contributed by atoms with Crippen molar-refractivity contribution < 1.29 is 15.0 Å². The van der Waals surface area contributed by atoms with Crippen molar-refractivity contribution in [2.24, 2.45) is 12.5 Å². The fourth-order valence-electron chi connectivity index (χ4n) is 2.29. The molecule has 1 aliphatic carbocycles. The van der Waals surface area contributed by atoms with E-state index in [0.29, 0.717) is 23.3 Å². The number of aromatic carboxylic acids is 1. The first kappa shape index (κ1) is 12.9. The highest BCUT2D eigenvalue weighted by atomic mass is 16.4. The van der Waals surface area contributed by atoms with Gasteiger partial charge in [-0.2, -0.15) is 5.10 Å².